The predicted octanol–water partition coefficient (Wildman–Crippen LogP) is 3.61. The number of nitrogens with one attached hydrogen (secondary N) is 1. The van der Waals surface area contributed by atoms with E-state index in [1.54, 1.807) is 6.26 Å². The summed E-state index contributed by atoms with van der Waals surface area (Å²) in [6.45, 7) is 3.34. The molecule has 1 atom stereocenters. The van der Waals surface area contributed by atoms with Crippen LogP contribution in [-0.4, -0.2) is 13.2 Å². The normalized spacial score (nSPS) is 15.0. The fourth-order valence-corrected chi connectivity index (χ4v) is 2.20. The molecule has 1 aliphatic heterocycles. The van der Waals surface area contributed by atoms with Crippen molar-refractivity contribution in [2.45, 2.75) is 19.4 Å². The molecule has 100 valence electrons. The molecule has 0 bridgehead atoms. The third-order valence-corrected chi connectivity index (χ3v) is 3.18. The number of ether oxygens (including phenoxy) is 2. The average molecular weight is 259 g/mol. The second-order valence-electron chi connectivity index (χ2n) is 4.48. The summed E-state index contributed by atoms with van der Waals surface area (Å²) < 4.78 is 16.5. The monoisotopic (exact) mass is 259 g/mol. The van der Waals surface area contributed by atoms with Crippen LogP contribution in [0, 0.1) is 0 Å². The molecule has 1 aromatic heterocycles. The number of hydrogen-bond donors (Lipinski definition) is 1. The van der Waals surface area contributed by atoms with Gasteiger partial charge in [0.05, 0.1) is 12.3 Å². The van der Waals surface area contributed by atoms with Crippen LogP contribution in [0.5, 0.6) is 11.5 Å². The summed E-state index contributed by atoms with van der Waals surface area (Å²) in [6.07, 6.45) is 2.64. The predicted molar refractivity (Wildman–Crippen MR) is 72.8 cm³/mol. The summed E-state index contributed by atoms with van der Waals surface area (Å²) in [7, 11) is 0. The Bertz CT molecular complexity index is 536. The lowest BCUT2D eigenvalue weighted by Gasteiger charge is -2.21. The van der Waals surface area contributed by atoms with Gasteiger partial charge in [0.1, 0.15) is 19.0 Å². The quantitative estimate of drug-likeness (QED) is 0.910. The molecule has 4 heteroatoms. The highest BCUT2D eigenvalue weighted by Gasteiger charge is 2.15. The Hall–Kier alpha value is -2.10. The SMILES string of the molecule is CCC(Nc1ccc2c(c1)OCCO2)c1ccco1. The molecular formula is C15H17NO3. The Balaban J connectivity index is 1.79. The molecule has 0 fully saturated rings. The van der Waals surface area contributed by atoms with Crippen molar-refractivity contribution in [2.24, 2.45) is 0 Å². The second-order valence-corrected chi connectivity index (χ2v) is 4.48. The second kappa shape index (κ2) is 5.26. The van der Waals surface area contributed by atoms with Crippen molar-refractivity contribution in [2.75, 3.05) is 18.5 Å². The van der Waals surface area contributed by atoms with E-state index in [-0.39, 0.29) is 6.04 Å². The summed E-state index contributed by atoms with van der Waals surface area (Å²) in [6, 6.07) is 9.96. The van der Waals surface area contributed by atoms with Gasteiger partial charge in [-0.25, -0.2) is 0 Å². The minimum Gasteiger partial charge on any atom is -0.486 e. The lowest BCUT2D eigenvalue weighted by molar-refractivity contribution is 0.171. The van der Waals surface area contributed by atoms with E-state index in [4.69, 9.17) is 13.9 Å². The van der Waals surface area contributed by atoms with Crippen molar-refractivity contribution in [1.82, 2.24) is 0 Å². The number of furan rings is 1. The number of rotatable bonds is 4. The van der Waals surface area contributed by atoms with Gasteiger partial charge in [-0.1, -0.05) is 6.92 Å². The molecule has 1 aliphatic rings. The van der Waals surface area contributed by atoms with Gasteiger partial charge in [0.15, 0.2) is 11.5 Å². The molecule has 2 heterocycles. The van der Waals surface area contributed by atoms with Crippen LogP contribution in [0.15, 0.2) is 41.0 Å². The number of hydrogen-bond acceptors (Lipinski definition) is 4. The van der Waals surface area contributed by atoms with Crippen LogP contribution >= 0.6 is 0 Å². The molecule has 0 amide bonds. The van der Waals surface area contributed by atoms with Gasteiger partial charge in [-0.2, -0.15) is 0 Å². The number of fused-ring (bicyclic) bond motifs is 1. The first-order chi connectivity index (χ1) is 9.36. The van der Waals surface area contributed by atoms with Gasteiger partial charge in [-0.05, 0) is 30.7 Å². The highest BCUT2D eigenvalue weighted by molar-refractivity contribution is 5.55. The molecule has 19 heavy (non-hydrogen) atoms. The lowest BCUT2D eigenvalue weighted by atomic mass is 10.1. The van der Waals surface area contributed by atoms with Crippen molar-refractivity contribution in [1.29, 1.82) is 0 Å². The van der Waals surface area contributed by atoms with Gasteiger partial charge in [0, 0.05) is 11.8 Å². The summed E-state index contributed by atoms with van der Waals surface area (Å²) >= 11 is 0. The first-order valence-corrected chi connectivity index (χ1v) is 6.56. The Morgan fingerprint density at radius 3 is 2.74 bits per heavy atom. The zero-order valence-corrected chi connectivity index (χ0v) is 10.9. The topological polar surface area (TPSA) is 43.6 Å². The van der Waals surface area contributed by atoms with Crippen LogP contribution in [0.25, 0.3) is 0 Å². The van der Waals surface area contributed by atoms with Gasteiger partial charge < -0.3 is 19.2 Å². The van der Waals surface area contributed by atoms with Crippen molar-refractivity contribution >= 4 is 5.69 Å². The van der Waals surface area contributed by atoms with E-state index in [0.717, 1.165) is 29.4 Å². The van der Waals surface area contributed by atoms with Crippen LogP contribution in [0.1, 0.15) is 25.1 Å². The molecule has 3 rings (SSSR count). The van der Waals surface area contributed by atoms with Crippen LogP contribution in [0.2, 0.25) is 0 Å². The van der Waals surface area contributed by atoms with Gasteiger partial charge in [-0.15, -0.1) is 0 Å². The van der Waals surface area contributed by atoms with E-state index in [0.29, 0.717) is 13.2 Å². The van der Waals surface area contributed by atoms with Crippen LogP contribution in [0.4, 0.5) is 5.69 Å². The van der Waals surface area contributed by atoms with Crippen LogP contribution < -0.4 is 14.8 Å². The van der Waals surface area contributed by atoms with Crippen molar-refractivity contribution in [3.63, 3.8) is 0 Å². The molecule has 0 saturated heterocycles. The Morgan fingerprint density at radius 2 is 2.00 bits per heavy atom. The van der Waals surface area contributed by atoms with E-state index in [1.165, 1.54) is 0 Å². The van der Waals surface area contributed by atoms with Gasteiger partial charge >= 0.3 is 0 Å². The summed E-state index contributed by atoms with van der Waals surface area (Å²) in [5, 5.41) is 3.45. The molecule has 0 spiro atoms. The van der Waals surface area contributed by atoms with E-state index in [2.05, 4.69) is 12.2 Å². The van der Waals surface area contributed by atoms with E-state index in [1.807, 2.05) is 30.3 Å². The molecule has 1 N–H and O–H groups in total. The third kappa shape index (κ3) is 2.52. The van der Waals surface area contributed by atoms with E-state index >= 15 is 0 Å². The fraction of sp³-hybridized carbons (Fsp3) is 0.333. The molecule has 0 saturated carbocycles. The van der Waals surface area contributed by atoms with Crippen molar-refractivity contribution in [3.05, 3.63) is 42.4 Å². The first-order valence-electron chi connectivity index (χ1n) is 6.56. The summed E-state index contributed by atoms with van der Waals surface area (Å²) in [5.74, 6) is 2.55. The Labute approximate surface area is 112 Å². The maximum absolute atomic E-state index is 5.58. The Kier molecular flexibility index (Phi) is 3.31. The van der Waals surface area contributed by atoms with Crippen molar-refractivity contribution in [3.8, 4) is 11.5 Å². The third-order valence-electron chi connectivity index (χ3n) is 3.18. The molecule has 0 aliphatic carbocycles. The fourth-order valence-electron chi connectivity index (χ4n) is 2.20. The number of anilines is 1. The molecule has 2 aromatic rings. The zero-order chi connectivity index (χ0) is 13.1. The Morgan fingerprint density at radius 1 is 1.16 bits per heavy atom. The summed E-state index contributed by atoms with van der Waals surface area (Å²) in [5.41, 5.74) is 1.01. The maximum Gasteiger partial charge on any atom is 0.163 e. The molecule has 1 aromatic carbocycles. The van der Waals surface area contributed by atoms with Crippen LogP contribution in [-0.2, 0) is 0 Å². The average Bonchev–Trinajstić information content (AvgIpc) is 2.98. The molecule has 0 radical (unpaired) electrons. The largest absolute Gasteiger partial charge is 0.486 e. The summed E-state index contributed by atoms with van der Waals surface area (Å²) in [4.78, 5) is 0. The van der Waals surface area contributed by atoms with Crippen molar-refractivity contribution < 1.29 is 13.9 Å². The van der Waals surface area contributed by atoms with Gasteiger partial charge in [0.25, 0.3) is 0 Å². The highest BCUT2D eigenvalue weighted by atomic mass is 16.6. The van der Waals surface area contributed by atoms with E-state index in [9.17, 15) is 0 Å². The van der Waals surface area contributed by atoms with Gasteiger partial charge in [0.2, 0.25) is 0 Å². The highest BCUT2D eigenvalue weighted by Crippen LogP contribution is 2.34. The lowest BCUT2D eigenvalue weighted by Crippen LogP contribution is -2.16. The number of benzene rings is 1. The first kappa shape index (κ1) is 12.0. The molecule has 4 nitrogen and oxygen atoms in total. The molecule has 1 unspecified atom stereocenters. The minimum absolute atomic E-state index is 0.164. The van der Waals surface area contributed by atoms with Gasteiger partial charge in [-0.3, -0.25) is 0 Å². The van der Waals surface area contributed by atoms with E-state index < -0.39 is 0 Å². The minimum atomic E-state index is 0.164. The molecular weight excluding hydrogens is 242 g/mol. The maximum atomic E-state index is 5.58. The van der Waals surface area contributed by atoms with Crippen LogP contribution in [0.3, 0.4) is 0 Å². The standard InChI is InChI=1S/C15H17NO3/c1-2-12(13-4-3-7-17-13)16-11-5-6-14-15(10-11)19-9-8-18-14/h3-7,10,12,16H,2,8-9H2,1H3. The smallest absolute Gasteiger partial charge is 0.163 e. The zero-order valence-electron chi connectivity index (χ0n) is 10.9.